The van der Waals surface area contributed by atoms with Crippen LogP contribution in [0, 0.1) is 0 Å². The standard InChI is InChI=1S/C22H24ClNO7/c1-5-30-18(25)11-17-22(26)24-19-14(9-12(23)10-16(19)28-3)20(31-17)13-7-6-8-15(27-2)21(13)29-4/h6-10,17,20H,5,11H2,1-4H3,(H,24,26). The van der Waals surface area contributed by atoms with Crippen LogP contribution in [-0.2, 0) is 19.1 Å². The van der Waals surface area contributed by atoms with Crippen molar-refractivity contribution in [3.05, 3.63) is 46.5 Å². The molecular weight excluding hydrogens is 426 g/mol. The van der Waals surface area contributed by atoms with Gasteiger partial charge in [-0.2, -0.15) is 0 Å². The Morgan fingerprint density at radius 1 is 1.10 bits per heavy atom. The zero-order chi connectivity index (χ0) is 22.5. The van der Waals surface area contributed by atoms with Gasteiger partial charge in [-0.25, -0.2) is 0 Å². The van der Waals surface area contributed by atoms with Gasteiger partial charge in [0.2, 0.25) is 0 Å². The van der Waals surface area contributed by atoms with Crippen LogP contribution in [0.15, 0.2) is 30.3 Å². The fourth-order valence-corrected chi connectivity index (χ4v) is 3.69. The molecule has 31 heavy (non-hydrogen) atoms. The topological polar surface area (TPSA) is 92.3 Å². The zero-order valence-corrected chi connectivity index (χ0v) is 18.4. The molecule has 0 bridgehead atoms. The van der Waals surface area contributed by atoms with E-state index < -0.39 is 24.1 Å². The highest BCUT2D eigenvalue weighted by molar-refractivity contribution is 6.31. The van der Waals surface area contributed by atoms with Crippen molar-refractivity contribution in [2.24, 2.45) is 0 Å². The summed E-state index contributed by atoms with van der Waals surface area (Å²) in [5.41, 5.74) is 1.55. The van der Waals surface area contributed by atoms with Crippen LogP contribution in [0.3, 0.4) is 0 Å². The van der Waals surface area contributed by atoms with Crippen molar-refractivity contribution >= 4 is 29.2 Å². The highest BCUT2D eigenvalue weighted by Crippen LogP contribution is 2.46. The molecule has 0 fully saturated rings. The van der Waals surface area contributed by atoms with Gasteiger partial charge in [-0.3, -0.25) is 9.59 Å². The van der Waals surface area contributed by atoms with E-state index in [2.05, 4.69) is 5.32 Å². The van der Waals surface area contributed by atoms with Crippen molar-refractivity contribution < 1.29 is 33.3 Å². The smallest absolute Gasteiger partial charge is 0.308 e. The number of para-hydroxylation sites is 1. The van der Waals surface area contributed by atoms with Gasteiger partial charge in [-0.1, -0.05) is 23.7 Å². The molecule has 0 spiro atoms. The maximum atomic E-state index is 12.9. The molecule has 0 aliphatic carbocycles. The van der Waals surface area contributed by atoms with Crippen LogP contribution in [0.5, 0.6) is 17.2 Å². The first kappa shape index (κ1) is 22.7. The summed E-state index contributed by atoms with van der Waals surface area (Å²) in [5.74, 6) is 0.242. The van der Waals surface area contributed by atoms with Crippen LogP contribution in [-0.4, -0.2) is 45.9 Å². The maximum Gasteiger partial charge on any atom is 0.308 e. The number of carbonyl (C=O) groups excluding carboxylic acids is 2. The number of amides is 1. The van der Waals surface area contributed by atoms with Gasteiger partial charge in [0.1, 0.15) is 18.0 Å². The Balaban J connectivity index is 2.18. The summed E-state index contributed by atoms with van der Waals surface area (Å²) in [6.45, 7) is 1.89. The molecule has 0 aromatic heterocycles. The number of halogens is 1. The molecule has 2 unspecified atom stereocenters. The molecule has 0 saturated carbocycles. The first-order valence-electron chi connectivity index (χ1n) is 9.63. The van der Waals surface area contributed by atoms with Crippen molar-refractivity contribution in [3.63, 3.8) is 0 Å². The number of esters is 1. The van der Waals surface area contributed by atoms with Crippen molar-refractivity contribution in [3.8, 4) is 17.2 Å². The Labute approximate surface area is 185 Å². The van der Waals surface area contributed by atoms with E-state index in [4.69, 9.17) is 35.3 Å². The molecule has 1 aliphatic rings. The summed E-state index contributed by atoms with van der Waals surface area (Å²) in [6, 6.07) is 8.59. The third-order valence-corrected chi connectivity index (χ3v) is 5.03. The number of carbonyl (C=O) groups is 2. The lowest BCUT2D eigenvalue weighted by Gasteiger charge is -2.24. The van der Waals surface area contributed by atoms with E-state index in [1.54, 1.807) is 37.3 Å². The number of fused-ring (bicyclic) bond motifs is 1. The SMILES string of the molecule is CCOC(=O)CC1OC(c2cccc(OC)c2OC)c2cc(Cl)cc(OC)c2NC1=O. The third-order valence-electron chi connectivity index (χ3n) is 4.81. The van der Waals surface area contributed by atoms with Crippen molar-refractivity contribution in [1.29, 1.82) is 0 Å². The maximum absolute atomic E-state index is 12.9. The molecule has 3 rings (SSSR count). The second kappa shape index (κ2) is 9.89. The molecule has 2 aromatic carbocycles. The van der Waals surface area contributed by atoms with E-state index in [-0.39, 0.29) is 13.0 Å². The van der Waals surface area contributed by atoms with Crippen molar-refractivity contribution in [1.82, 2.24) is 0 Å². The van der Waals surface area contributed by atoms with E-state index in [0.29, 0.717) is 39.1 Å². The minimum Gasteiger partial charge on any atom is -0.495 e. The normalized spacial score (nSPS) is 17.8. The van der Waals surface area contributed by atoms with E-state index in [0.717, 1.165) is 0 Å². The van der Waals surface area contributed by atoms with Crippen LogP contribution in [0.25, 0.3) is 0 Å². The highest BCUT2D eigenvalue weighted by Gasteiger charge is 2.36. The summed E-state index contributed by atoms with van der Waals surface area (Å²) in [4.78, 5) is 25.0. The average Bonchev–Trinajstić information content (AvgIpc) is 2.89. The second-order valence-corrected chi connectivity index (χ2v) is 7.09. The summed E-state index contributed by atoms with van der Waals surface area (Å²) < 4.78 is 27.6. The summed E-state index contributed by atoms with van der Waals surface area (Å²) in [6.07, 6.45) is -2.19. The van der Waals surface area contributed by atoms with Gasteiger partial charge < -0.3 is 29.0 Å². The van der Waals surface area contributed by atoms with Crippen LogP contribution in [0.2, 0.25) is 5.02 Å². The fourth-order valence-electron chi connectivity index (χ4n) is 3.48. The van der Waals surface area contributed by atoms with Crippen LogP contribution in [0.1, 0.15) is 30.6 Å². The lowest BCUT2D eigenvalue weighted by Crippen LogP contribution is -2.32. The minimum atomic E-state index is -1.11. The number of benzene rings is 2. The summed E-state index contributed by atoms with van der Waals surface area (Å²) in [5, 5.41) is 3.20. The summed E-state index contributed by atoms with van der Waals surface area (Å²) >= 11 is 6.32. The van der Waals surface area contributed by atoms with Gasteiger partial charge in [0.25, 0.3) is 5.91 Å². The monoisotopic (exact) mass is 449 g/mol. The first-order valence-corrected chi connectivity index (χ1v) is 10.0. The minimum absolute atomic E-state index is 0.198. The van der Waals surface area contributed by atoms with E-state index in [1.807, 2.05) is 0 Å². The van der Waals surface area contributed by atoms with Crippen molar-refractivity contribution in [2.45, 2.75) is 25.6 Å². The molecule has 1 heterocycles. The predicted molar refractivity (Wildman–Crippen MR) is 114 cm³/mol. The number of methoxy groups -OCH3 is 3. The number of ether oxygens (including phenoxy) is 5. The Morgan fingerprint density at radius 3 is 2.48 bits per heavy atom. The lowest BCUT2D eigenvalue weighted by molar-refractivity contribution is -0.150. The Bertz CT molecular complexity index is 979. The number of nitrogens with one attached hydrogen (secondary N) is 1. The van der Waals surface area contributed by atoms with Gasteiger partial charge >= 0.3 is 5.97 Å². The third kappa shape index (κ3) is 4.70. The van der Waals surface area contributed by atoms with E-state index >= 15 is 0 Å². The molecule has 1 aliphatic heterocycles. The van der Waals surface area contributed by atoms with Gasteiger partial charge in [0, 0.05) is 22.2 Å². The molecule has 8 nitrogen and oxygen atoms in total. The molecule has 166 valence electrons. The lowest BCUT2D eigenvalue weighted by atomic mass is 9.98. The Kier molecular flexibility index (Phi) is 7.25. The van der Waals surface area contributed by atoms with Crippen LogP contribution < -0.4 is 19.5 Å². The quantitative estimate of drug-likeness (QED) is 0.643. The second-order valence-electron chi connectivity index (χ2n) is 6.66. The molecule has 2 aromatic rings. The molecule has 0 radical (unpaired) electrons. The average molecular weight is 450 g/mol. The predicted octanol–water partition coefficient (Wildman–Crippen LogP) is 3.75. The Morgan fingerprint density at radius 2 is 1.84 bits per heavy atom. The zero-order valence-electron chi connectivity index (χ0n) is 17.7. The van der Waals surface area contributed by atoms with Crippen LogP contribution in [0.4, 0.5) is 5.69 Å². The van der Waals surface area contributed by atoms with Crippen molar-refractivity contribution in [2.75, 3.05) is 33.3 Å². The van der Waals surface area contributed by atoms with Gasteiger partial charge in [-0.15, -0.1) is 0 Å². The number of hydrogen-bond acceptors (Lipinski definition) is 7. The summed E-state index contributed by atoms with van der Waals surface area (Å²) in [7, 11) is 4.51. The fraction of sp³-hybridized carbons (Fsp3) is 0.364. The molecule has 0 saturated heterocycles. The van der Waals surface area contributed by atoms with Gasteiger partial charge in [-0.05, 0) is 19.1 Å². The van der Waals surface area contributed by atoms with E-state index in [9.17, 15) is 9.59 Å². The number of rotatable bonds is 7. The number of anilines is 1. The number of hydrogen-bond donors (Lipinski definition) is 1. The first-order chi connectivity index (χ1) is 14.9. The largest absolute Gasteiger partial charge is 0.495 e. The molecule has 2 atom stereocenters. The molecule has 9 heteroatoms. The van der Waals surface area contributed by atoms with Crippen LogP contribution >= 0.6 is 11.6 Å². The Hall–Kier alpha value is -2.97. The van der Waals surface area contributed by atoms with E-state index in [1.165, 1.54) is 21.3 Å². The van der Waals surface area contributed by atoms with Gasteiger partial charge in [0.15, 0.2) is 11.5 Å². The van der Waals surface area contributed by atoms with Gasteiger partial charge in [0.05, 0.1) is 40.0 Å². The highest BCUT2D eigenvalue weighted by atomic mass is 35.5. The molecular formula is C22H24ClNO7. The molecule has 1 N–H and O–H groups in total. The molecule has 1 amide bonds.